The van der Waals surface area contributed by atoms with Crippen LogP contribution < -0.4 is 20.9 Å². The maximum atomic E-state index is 14.4. The van der Waals surface area contributed by atoms with Gasteiger partial charge in [0.05, 0.1) is 0 Å². The van der Waals surface area contributed by atoms with Crippen LogP contribution in [-0.2, 0) is 6.54 Å². The molecule has 0 atom stereocenters. The molecule has 8 nitrogen and oxygen atoms in total. The number of aromatic nitrogens is 2. The molecule has 4 rings (SSSR count). The van der Waals surface area contributed by atoms with E-state index in [1.165, 1.54) is 0 Å². The van der Waals surface area contributed by atoms with E-state index in [1.807, 2.05) is 54.6 Å². The molecule has 246 valence electrons. The third kappa shape index (κ3) is 8.15. The number of aryl methyl sites for hydroxylation is 1. The highest BCUT2D eigenvalue weighted by molar-refractivity contribution is 6.07. The molecule has 2 heterocycles. The van der Waals surface area contributed by atoms with Gasteiger partial charge in [-0.1, -0.05) is 85.7 Å². The summed E-state index contributed by atoms with van der Waals surface area (Å²) in [7, 11) is 0. The van der Waals surface area contributed by atoms with Crippen molar-refractivity contribution in [2.45, 2.75) is 80.2 Å². The van der Waals surface area contributed by atoms with E-state index in [4.69, 9.17) is 4.74 Å². The fourth-order valence-corrected chi connectivity index (χ4v) is 5.82. The highest BCUT2D eigenvalue weighted by Gasteiger charge is 2.23. The first kappa shape index (κ1) is 34.7. The molecule has 0 radical (unpaired) electrons. The Morgan fingerprint density at radius 1 is 0.891 bits per heavy atom. The number of hydrogen-bond donors (Lipinski definition) is 2. The van der Waals surface area contributed by atoms with E-state index in [2.05, 4.69) is 75.9 Å². The van der Waals surface area contributed by atoms with Crippen LogP contribution in [0.25, 0.3) is 22.2 Å². The van der Waals surface area contributed by atoms with Gasteiger partial charge in [0.25, 0.3) is 5.56 Å². The number of para-hydroxylation sites is 1. The van der Waals surface area contributed by atoms with Gasteiger partial charge >= 0.3 is 6.03 Å². The Kier molecular flexibility index (Phi) is 12.0. The van der Waals surface area contributed by atoms with Crippen molar-refractivity contribution in [1.29, 1.82) is 0 Å². The summed E-state index contributed by atoms with van der Waals surface area (Å²) in [6, 6.07) is 17.2. The minimum Gasteiger partial charge on any atom is -0.492 e. The molecule has 2 N–H and O–H groups in total. The first-order valence-electron chi connectivity index (χ1n) is 16.7. The Balaban J connectivity index is 1.83. The lowest BCUT2D eigenvalue weighted by atomic mass is 9.93. The molecule has 46 heavy (non-hydrogen) atoms. The number of nitrogens with zero attached hydrogens (tertiary/aromatic N) is 3. The third-order valence-corrected chi connectivity index (χ3v) is 8.49. The van der Waals surface area contributed by atoms with Gasteiger partial charge in [0.15, 0.2) is 0 Å². The Morgan fingerprint density at radius 3 is 2.17 bits per heavy atom. The molecular weight excluding hydrogens is 574 g/mol. The van der Waals surface area contributed by atoms with Crippen LogP contribution in [-0.4, -0.2) is 46.7 Å². The highest BCUT2D eigenvalue weighted by Crippen LogP contribution is 2.36. The number of fused-ring (bicyclic) bond motifs is 1. The van der Waals surface area contributed by atoms with E-state index in [1.54, 1.807) is 10.8 Å². The summed E-state index contributed by atoms with van der Waals surface area (Å²) in [6.45, 7) is 20.8. The molecule has 0 saturated carbocycles. The number of likely N-dealkylation sites (N-methyl/N-ethyl adjacent to an activating group) is 1. The van der Waals surface area contributed by atoms with E-state index >= 15 is 0 Å². The SMILES string of the molecule is CCN(CC)CCOc1cccc(-c2c(NC(=O)Nc3c(C(C)C)cccc3C(C)C)c(=O)n(CCC(C)C)c3ncccc23)c1. The molecule has 0 aliphatic carbocycles. The molecule has 4 aromatic rings. The van der Waals surface area contributed by atoms with Crippen molar-refractivity contribution in [3.05, 3.63) is 82.3 Å². The van der Waals surface area contributed by atoms with E-state index in [9.17, 15) is 9.59 Å². The number of carbonyl (C=O) groups is 1. The molecule has 2 amide bonds. The average molecular weight is 626 g/mol. The second-order valence-electron chi connectivity index (χ2n) is 12.9. The van der Waals surface area contributed by atoms with E-state index < -0.39 is 6.03 Å². The lowest BCUT2D eigenvalue weighted by Gasteiger charge is -2.22. The Bertz CT molecular complexity index is 1660. The lowest BCUT2D eigenvalue weighted by molar-refractivity contribution is 0.223. The molecular formula is C38H51N5O3. The number of amides is 2. The van der Waals surface area contributed by atoms with Gasteiger partial charge in [-0.3, -0.25) is 9.36 Å². The van der Waals surface area contributed by atoms with Crippen LogP contribution in [0.3, 0.4) is 0 Å². The van der Waals surface area contributed by atoms with Gasteiger partial charge in [-0.2, -0.15) is 0 Å². The number of nitrogens with one attached hydrogen (secondary N) is 2. The first-order chi connectivity index (χ1) is 22.0. The molecule has 0 aliphatic heterocycles. The van der Waals surface area contributed by atoms with Crippen LogP contribution in [0.5, 0.6) is 5.75 Å². The van der Waals surface area contributed by atoms with Crippen molar-refractivity contribution in [2.24, 2.45) is 5.92 Å². The maximum Gasteiger partial charge on any atom is 0.323 e. The first-order valence-corrected chi connectivity index (χ1v) is 16.7. The third-order valence-electron chi connectivity index (χ3n) is 8.49. The van der Waals surface area contributed by atoms with Crippen molar-refractivity contribution in [1.82, 2.24) is 14.5 Å². The summed E-state index contributed by atoms with van der Waals surface area (Å²) in [5, 5.41) is 6.93. The Hall–Kier alpha value is -4.17. The molecule has 2 aromatic carbocycles. The average Bonchev–Trinajstić information content (AvgIpc) is 3.03. The van der Waals surface area contributed by atoms with Gasteiger partial charge in [-0.15, -0.1) is 0 Å². The molecule has 0 bridgehead atoms. The maximum absolute atomic E-state index is 14.4. The zero-order valence-corrected chi connectivity index (χ0v) is 28.8. The lowest BCUT2D eigenvalue weighted by Crippen LogP contribution is -2.30. The van der Waals surface area contributed by atoms with Crippen LogP contribution >= 0.6 is 0 Å². The fourth-order valence-electron chi connectivity index (χ4n) is 5.82. The molecule has 0 unspecified atom stereocenters. The number of rotatable bonds is 14. The number of benzene rings is 2. The fraction of sp³-hybridized carbons (Fsp3) is 0.447. The molecule has 0 saturated heterocycles. The van der Waals surface area contributed by atoms with Crippen molar-refractivity contribution in [3.63, 3.8) is 0 Å². The minimum atomic E-state index is -0.460. The van der Waals surface area contributed by atoms with Crippen LogP contribution in [0.1, 0.15) is 84.8 Å². The summed E-state index contributed by atoms with van der Waals surface area (Å²) in [4.78, 5) is 35.2. The van der Waals surface area contributed by atoms with Crippen molar-refractivity contribution in [3.8, 4) is 16.9 Å². The topological polar surface area (TPSA) is 88.5 Å². The monoisotopic (exact) mass is 625 g/mol. The van der Waals surface area contributed by atoms with Crippen LogP contribution in [0.4, 0.5) is 16.2 Å². The van der Waals surface area contributed by atoms with E-state index in [0.717, 1.165) is 53.8 Å². The summed E-state index contributed by atoms with van der Waals surface area (Å²) in [6.07, 6.45) is 2.51. The number of urea groups is 1. The minimum absolute atomic E-state index is 0.203. The number of pyridine rings is 2. The van der Waals surface area contributed by atoms with Gasteiger partial charge in [0.1, 0.15) is 23.7 Å². The van der Waals surface area contributed by atoms with E-state index in [-0.39, 0.29) is 23.1 Å². The second kappa shape index (κ2) is 15.9. The number of anilines is 2. The van der Waals surface area contributed by atoms with Gasteiger partial charge in [-0.05, 0) is 78.2 Å². The van der Waals surface area contributed by atoms with Gasteiger partial charge in [-0.25, -0.2) is 9.78 Å². The van der Waals surface area contributed by atoms with Gasteiger partial charge < -0.3 is 20.3 Å². The molecule has 0 fully saturated rings. The van der Waals surface area contributed by atoms with Crippen LogP contribution in [0.15, 0.2) is 65.6 Å². The second-order valence-corrected chi connectivity index (χ2v) is 12.9. The Morgan fingerprint density at radius 2 is 1.54 bits per heavy atom. The largest absolute Gasteiger partial charge is 0.492 e. The summed E-state index contributed by atoms with van der Waals surface area (Å²) in [5.41, 5.74) is 4.81. The van der Waals surface area contributed by atoms with Crippen LogP contribution in [0, 0.1) is 5.92 Å². The molecule has 0 aliphatic rings. The number of ether oxygens (including phenoxy) is 1. The van der Waals surface area contributed by atoms with Crippen LogP contribution in [0.2, 0.25) is 0 Å². The molecule has 0 spiro atoms. The summed E-state index contributed by atoms with van der Waals surface area (Å²) in [5.74, 6) is 1.49. The van der Waals surface area contributed by atoms with Crippen molar-refractivity contribution < 1.29 is 9.53 Å². The van der Waals surface area contributed by atoms with Crippen molar-refractivity contribution >= 4 is 28.4 Å². The smallest absolute Gasteiger partial charge is 0.323 e. The Labute approximate surface area is 274 Å². The molecule has 2 aromatic heterocycles. The van der Waals surface area contributed by atoms with E-state index in [0.29, 0.717) is 36.0 Å². The highest BCUT2D eigenvalue weighted by atomic mass is 16.5. The standard InChI is InChI=1S/C38H51N5O3/c1-9-42(10-2)22-23-46-29-15-11-14-28(24-29)33-32-18-13-20-39-36(32)43(21-19-25(3)4)37(44)35(33)41-38(45)40-34-30(26(5)6)16-12-17-31(34)27(7)8/h11-18,20,24-27H,9-10,19,21-23H2,1-8H3,(H2,40,41,45). The summed E-state index contributed by atoms with van der Waals surface area (Å²) < 4.78 is 7.86. The summed E-state index contributed by atoms with van der Waals surface area (Å²) >= 11 is 0. The number of carbonyl (C=O) groups excluding carboxylic acids is 1. The van der Waals surface area contributed by atoms with Gasteiger partial charge in [0.2, 0.25) is 0 Å². The quantitative estimate of drug-likeness (QED) is 0.146. The molecule has 8 heteroatoms. The predicted octanol–water partition coefficient (Wildman–Crippen LogP) is 8.72. The van der Waals surface area contributed by atoms with Crippen molar-refractivity contribution in [2.75, 3.05) is 36.9 Å². The predicted molar refractivity (Wildman–Crippen MR) is 191 cm³/mol. The normalized spacial score (nSPS) is 11.7. The van der Waals surface area contributed by atoms with Gasteiger partial charge in [0, 0.05) is 35.9 Å². The zero-order valence-electron chi connectivity index (χ0n) is 28.8. The zero-order chi connectivity index (χ0) is 33.4. The number of hydrogen-bond acceptors (Lipinski definition) is 5.